The van der Waals surface area contributed by atoms with Crippen molar-refractivity contribution in [3.63, 3.8) is 0 Å². The predicted octanol–water partition coefficient (Wildman–Crippen LogP) is 0.283. The van der Waals surface area contributed by atoms with E-state index in [1.165, 1.54) is 0 Å². The molecule has 0 radical (unpaired) electrons. The van der Waals surface area contributed by atoms with Gasteiger partial charge < -0.3 is 4.90 Å². The molecular formula is C11H17N5O. The maximum Gasteiger partial charge on any atom is 0.276 e. The van der Waals surface area contributed by atoms with Gasteiger partial charge in [0.25, 0.3) is 5.91 Å². The molecule has 2 aliphatic heterocycles. The third-order valence-electron chi connectivity index (χ3n) is 3.26. The first-order valence-corrected chi connectivity index (χ1v) is 6.07. The minimum atomic E-state index is -0.101. The largest absolute Gasteiger partial charge is 0.303 e. The lowest BCUT2D eigenvalue weighted by atomic mass is 10.2. The molecule has 1 amide bonds. The Morgan fingerprint density at radius 2 is 2.35 bits per heavy atom. The molecule has 3 heterocycles. The van der Waals surface area contributed by atoms with Gasteiger partial charge in [-0.1, -0.05) is 13.8 Å². The number of amides is 1. The van der Waals surface area contributed by atoms with Crippen molar-refractivity contribution in [1.29, 1.82) is 0 Å². The number of hydrogen-bond acceptors (Lipinski definition) is 4. The van der Waals surface area contributed by atoms with Crippen molar-refractivity contribution in [1.82, 2.24) is 19.9 Å². The first-order valence-electron chi connectivity index (χ1n) is 6.07. The molecule has 2 N–H and O–H groups in total. The van der Waals surface area contributed by atoms with Crippen LogP contribution in [0.25, 0.3) is 0 Å². The number of rotatable bonds is 1. The Morgan fingerprint density at radius 1 is 1.53 bits per heavy atom. The van der Waals surface area contributed by atoms with E-state index in [2.05, 4.69) is 29.6 Å². The summed E-state index contributed by atoms with van der Waals surface area (Å²) in [5.74, 6) is 1.25. The van der Waals surface area contributed by atoms with Crippen molar-refractivity contribution in [3.05, 3.63) is 17.7 Å². The van der Waals surface area contributed by atoms with Gasteiger partial charge in [0.1, 0.15) is 11.5 Å². The van der Waals surface area contributed by atoms with Crippen molar-refractivity contribution < 1.29 is 4.79 Å². The minimum absolute atomic E-state index is 0.0559. The summed E-state index contributed by atoms with van der Waals surface area (Å²) >= 11 is 0. The van der Waals surface area contributed by atoms with Gasteiger partial charge >= 0.3 is 0 Å². The van der Waals surface area contributed by atoms with Gasteiger partial charge in [-0.05, 0) is 6.42 Å². The second-order valence-corrected chi connectivity index (χ2v) is 4.83. The monoisotopic (exact) mass is 235 g/mol. The van der Waals surface area contributed by atoms with E-state index in [1.54, 1.807) is 6.20 Å². The highest BCUT2D eigenvalue weighted by Crippen LogP contribution is 2.20. The summed E-state index contributed by atoms with van der Waals surface area (Å²) in [5.41, 5.74) is 3.94. The van der Waals surface area contributed by atoms with E-state index in [4.69, 9.17) is 0 Å². The molecule has 0 aromatic carbocycles. The Morgan fingerprint density at radius 3 is 3.12 bits per heavy atom. The molecule has 3 rings (SSSR count). The van der Waals surface area contributed by atoms with Crippen LogP contribution in [-0.4, -0.2) is 39.8 Å². The summed E-state index contributed by atoms with van der Waals surface area (Å²) < 4.78 is 1.83. The van der Waals surface area contributed by atoms with Crippen LogP contribution in [0.1, 0.15) is 42.5 Å². The predicted molar refractivity (Wildman–Crippen MR) is 63.1 cm³/mol. The maximum absolute atomic E-state index is 12.3. The van der Waals surface area contributed by atoms with Crippen molar-refractivity contribution in [2.24, 2.45) is 0 Å². The van der Waals surface area contributed by atoms with Crippen LogP contribution >= 0.6 is 0 Å². The lowest BCUT2D eigenvalue weighted by Gasteiger charge is -2.41. The number of imidazole rings is 1. The Hall–Kier alpha value is -1.56. The molecule has 92 valence electrons. The van der Waals surface area contributed by atoms with Gasteiger partial charge in [-0.15, -0.1) is 0 Å². The molecule has 17 heavy (non-hydrogen) atoms. The molecule has 1 atom stereocenters. The minimum Gasteiger partial charge on any atom is -0.303 e. The average molecular weight is 235 g/mol. The molecule has 6 nitrogen and oxygen atoms in total. The quantitative estimate of drug-likeness (QED) is 0.734. The van der Waals surface area contributed by atoms with E-state index in [9.17, 15) is 4.79 Å². The standard InChI is InChI=1S/C11H17N5O/c1-7(2)9-13-6-8-10(17)15-5-3-4-12-11(15)14-16(8)9/h6-7,11-12,14H,3-5H2,1-2H3. The first kappa shape index (κ1) is 10.6. The number of carbonyl (C=O) groups excluding carboxylic acids is 1. The van der Waals surface area contributed by atoms with Crippen LogP contribution < -0.4 is 10.7 Å². The number of nitrogens with zero attached hydrogens (tertiary/aromatic N) is 3. The number of hydrogen-bond donors (Lipinski definition) is 2. The van der Waals surface area contributed by atoms with Crippen LogP contribution in [0, 0.1) is 0 Å². The van der Waals surface area contributed by atoms with Crippen LogP contribution in [0.4, 0.5) is 0 Å². The lowest BCUT2D eigenvalue weighted by molar-refractivity contribution is 0.0543. The Kier molecular flexibility index (Phi) is 2.32. The number of carbonyl (C=O) groups is 1. The summed E-state index contributed by atoms with van der Waals surface area (Å²) in [5, 5.41) is 3.29. The van der Waals surface area contributed by atoms with Crippen LogP contribution in [0.2, 0.25) is 0 Å². The Balaban J connectivity index is 2.01. The molecule has 0 saturated carbocycles. The van der Waals surface area contributed by atoms with E-state index < -0.39 is 0 Å². The molecule has 2 aliphatic rings. The van der Waals surface area contributed by atoms with Crippen molar-refractivity contribution in [2.75, 3.05) is 18.5 Å². The van der Waals surface area contributed by atoms with Crippen LogP contribution in [0.3, 0.4) is 0 Å². The lowest BCUT2D eigenvalue weighted by Crippen LogP contribution is -2.63. The molecule has 0 spiro atoms. The molecule has 1 saturated heterocycles. The zero-order chi connectivity index (χ0) is 12.0. The highest BCUT2D eigenvalue weighted by atomic mass is 16.2. The molecule has 1 fully saturated rings. The van der Waals surface area contributed by atoms with Crippen molar-refractivity contribution in [2.45, 2.75) is 32.5 Å². The van der Waals surface area contributed by atoms with E-state index >= 15 is 0 Å². The molecule has 1 aromatic heterocycles. The van der Waals surface area contributed by atoms with E-state index in [1.807, 2.05) is 9.58 Å². The molecule has 0 aliphatic carbocycles. The average Bonchev–Trinajstić information content (AvgIpc) is 2.73. The fourth-order valence-corrected chi connectivity index (χ4v) is 2.39. The van der Waals surface area contributed by atoms with E-state index in [0.29, 0.717) is 11.6 Å². The molecule has 1 unspecified atom stereocenters. The smallest absolute Gasteiger partial charge is 0.276 e. The van der Waals surface area contributed by atoms with Gasteiger partial charge in [0, 0.05) is 19.0 Å². The highest BCUT2D eigenvalue weighted by molar-refractivity contribution is 5.93. The van der Waals surface area contributed by atoms with Gasteiger partial charge in [-0.25, -0.2) is 9.66 Å². The van der Waals surface area contributed by atoms with E-state index in [-0.39, 0.29) is 12.2 Å². The van der Waals surface area contributed by atoms with Gasteiger partial charge in [0.05, 0.1) is 6.20 Å². The maximum atomic E-state index is 12.3. The van der Waals surface area contributed by atoms with E-state index in [0.717, 1.165) is 25.3 Å². The second-order valence-electron chi connectivity index (χ2n) is 4.83. The summed E-state index contributed by atoms with van der Waals surface area (Å²) in [4.78, 5) is 18.4. The fourth-order valence-electron chi connectivity index (χ4n) is 2.39. The number of nitrogens with one attached hydrogen (secondary N) is 2. The molecule has 6 heteroatoms. The van der Waals surface area contributed by atoms with Gasteiger partial charge in [-0.3, -0.25) is 15.5 Å². The van der Waals surface area contributed by atoms with Crippen molar-refractivity contribution in [3.8, 4) is 0 Å². The second kappa shape index (κ2) is 3.73. The number of fused-ring (bicyclic) bond motifs is 2. The summed E-state index contributed by atoms with van der Waals surface area (Å²) in [6, 6.07) is 0. The summed E-state index contributed by atoms with van der Waals surface area (Å²) in [6.07, 6.45) is 2.56. The molecular weight excluding hydrogens is 218 g/mol. The van der Waals surface area contributed by atoms with Gasteiger partial charge in [0.2, 0.25) is 0 Å². The van der Waals surface area contributed by atoms with Crippen LogP contribution in [-0.2, 0) is 0 Å². The van der Waals surface area contributed by atoms with Crippen LogP contribution in [0.5, 0.6) is 0 Å². The third kappa shape index (κ3) is 1.51. The Bertz CT molecular complexity index is 453. The molecule has 1 aromatic rings. The Labute approximate surface area is 100.0 Å². The zero-order valence-corrected chi connectivity index (χ0v) is 10.1. The van der Waals surface area contributed by atoms with Gasteiger partial charge in [-0.2, -0.15) is 0 Å². The SMILES string of the molecule is CC(C)c1ncc2n1NC1NCCCN1C2=O. The fraction of sp³-hybridized carbons (Fsp3) is 0.636. The third-order valence-corrected chi connectivity index (χ3v) is 3.26. The summed E-state index contributed by atoms with van der Waals surface area (Å²) in [6.45, 7) is 5.87. The zero-order valence-electron chi connectivity index (χ0n) is 10.1. The first-order chi connectivity index (χ1) is 8.18. The van der Waals surface area contributed by atoms with Gasteiger partial charge in [0.15, 0.2) is 6.29 Å². The molecule has 0 bridgehead atoms. The normalized spacial score (nSPS) is 23.4. The highest BCUT2D eigenvalue weighted by Gasteiger charge is 2.35. The topological polar surface area (TPSA) is 62.2 Å². The number of aromatic nitrogens is 2. The van der Waals surface area contributed by atoms with Crippen molar-refractivity contribution >= 4 is 5.91 Å². The van der Waals surface area contributed by atoms with Crippen LogP contribution in [0.15, 0.2) is 6.20 Å². The summed E-state index contributed by atoms with van der Waals surface area (Å²) in [7, 11) is 0.